The van der Waals surface area contributed by atoms with E-state index in [1.165, 1.54) is 6.26 Å². The number of carbonyl (C=O) groups excluding carboxylic acids is 1. The lowest BCUT2D eigenvalue weighted by molar-refractivity contribution is -0.138. The fourth-order valence-corrected chi connectivity index (χ4v) is 2.30. The molecule has 5 heteroatoms. The standard InChI is InChI=1S/C15H23NO4/c1-4-13-12(5-6-20-13)15(19)16-9-11(7-10(2)3)8-14(17)18/h5-6,10-11H,4,7-9H2,1-3H3,(H,16,19)(H,17,18). The number of nitrogens with one attached hydrogen (secondary N) is 1. The van der Waals surface area contributed by atoms with E-state index in [0.717, 1.165) is 6.42 Å². The lowest BCUT2D eigenvalue weighted by Gasteiger charge is -2.17. The van der Waals surface area contributed by atoms with Gasteiger partial charge in [0.25, 0.3) is 5.91 Å². The van der Waals surface area contributed by atoms with Crippen molar-refractivity contribution < 1.29 is 19.1 Å². The zero-order valence-corrected chi connectivity index (χ0v) is 12.3. The molecule has 5 nitrogen and oxygen atoms in total. The molecule has 1 amide bonds. The van der Waals surface area contributed by atoms with Crippen molar-refractivity contribution in [2.75, 3.05) is 6.54 Å². The van der Waals surface area contributed by atoms with E-state index in [4.69, 9.17) is 9.52 Å². The highest BCUT2D eigenvalue weighted by Crippen LogP contribution is 2.16. The van der Waals surface area contributed by atoms with Crippen LogP contribution >= 0.6 is 0 Å². The van der Waals surface area contributed by atoms with Gasteiger partial charge < -0.3 is 14.8 Å². The molecule has 0 saturated carbocycles. The van der Waals surface area contributed by atoms with Crippen LogP contribution < -0.4 is 5.32 Å². The topological polar surface area (TPSA) is 79.5 Å². The van der Waals surface area contributed by atoms with Crippen LogP contribution in [-0.2, 0) is 11.2 Å². The fraction of sp³-hybridized carbons (Fsp3) is 0.600. The van der Waals surface area contributed by atoms with Gasteiger partial charge in [-0.1, -0.05) is 20.8 Å². The Kier molecular flexibility index (Phi) is 6.28. The molecule has 1 atom stereocenters. The lowest BCUT2D eigenvalue weighted by atomic mass is 9.94. The number of hydrogen-bond acceptors (Lipinski definition) is 3. The molecule has 1 heterocycles. The Balaban J connectivity index is 2.58. The van der Waals surface area contributed by atoms with Crippen LogP contribution in [-0.4, -0.2) is 23.5 Å². The van der Waals surface area contributed by atoms with E-state index in [9.17, 15) is 9.59 Å². The van der Waals surface area contributed by atoms with Crippen molar-refractivity contribution in [1.82, 2.24) is 5.32 Å². The average Bonchev–Trinajstić information content (AvgIpc) is 2.82. The smallest absolute Gasteiger partial charge is 0.303 e. The molecule has 0 saturated heterocycles. The fourth-order valence-electron chi connectivity index (χ4n) is 2.30. The van der Waals surface area contributed by atoms with Crippen LogP contribution in [0, 0.1) is 11.8 Å². The van der Waals surface area contributed by atoms with Crippen molar-refractivity contribution in [3.8, 4) is 0 Å². The molecule has 0 aliphatic rings. The molecule has 0 fully saturated rings. The molecule has 20 heavy (non-hydrogen) atoms. The summed E-state index contributed by atoms with van der Waals surface area (Å²) in [5, 5.41) is 11.7. The maximum Gasteiger partial charge on any atom is 0.303 e. The summed E-state index contributed by atoms with van der Waals surface area (Å²) in [6.07, 6.45) is 3.00. The Bertz CT molecular complexity index is 450. The number of amides is 1. The minimum absolute atomic E-state index is 0.0478. The Morgan fingerprint density at radius 3 is 2.65 bits per heavy atom. The van der Waals surface area contributed by atoms with Crippen molar-refractivity contribution in [1.29, 1.82) is 0 Å². The third-order valence-electron chi connectivity index (χ3n) is 3.13. The number of rotatable bonds is 8. The Labute approximate surface area is 119 Å². The van der Waals surface area contributed by atoms with Gasteiger partial charge in [0.2, 0.25) is 0 Å². The van der Waals surface area contributed by atoms with Gasteiger partial charge in [-0.25, -0.2) is 0 Å². The highest BCUT2D eigenvalue weighted by Gasteiger charge is 2.18. The summed E-state index contributed by atoms with van der Waals surface area (Å²) in [6, 6.07) is 1.64. The van der Waals surface area contributed by atoms with Gasteiger partial charge in [0.15, 0.2) is 0 Å². The molecule has 0 aliphatic carbocycles. The van der Waals surface area contributed by atoms with Crippen molar-refractivity contribution in [3.63, 3.8) is 0 Å². The minimum Gasteiger partial charge on any atom is -0.481 e. The zero-order valence-electron chi connectivity index (χ0n) is 12.3. The first kappa shape index (κ1) is 16.3. The number of carboxylic acid groups (broad SMARTS) is 1. The first-order valence-electron chi connectivity index (χ1n) is 7.00. The molecule has 2 N–H and O–H groups in total. The second-order valence-corrected chi connectivity index (χ2v) is 5.41. The van der Waals surface area contributed by atoms with Gasteiger partial charge in [0.1, 0.15) is 5.76 Å². The van der Waals surface area contributed by atoms with Crippen LogP contribution in [0.5, 0.6) is 0 Å². The van der Waals surface area contributed by atoms with Crippen molar-refractivity contribution >= 4 is 11.9 Å². The molecule has 112 valence electrons. The third kappa shape index (κ3) is 5.07. The number of carbonyl (C=O) groups is 2. The molecule has 0 spiro atoms. The van der Waals surface area contributed by atoms with E-state index in [2.05, 4.69) is 5.32 Å². The summed E-state index contributed by atoms with van der Waals surface area (Å²) >= 11 is 0. The van der Waals surface area contributed by atoms with Gasteiger partial charge in [-0.3, -0.25) is 9.59 Å². The molecule has 0 aromatic carbocycles. The predicted molar refractivity (Wildman–Crippen MR) is 75.6 cm³/mol. The van der Waals surface area contributed by atoms with E-state index < -0.39 is 5.97 Å². The molecular weight excluding hydrogens is 258 g/mol. The maximum absolute atomic E-state index is 12.0. The van der Waals surface area contributed by atoms with E-state index in [1.807, 2.05) is 20.8 Å². The van der Waals surface area contributed by atoms with Crippen LogP contribution in [0.3, 0.4) is 0 Å². The van der Waals surface area contributed by atoms with E-state index in [-0.39, 0.29) is 18.2 Å². The second-order valence-electron chi connectivity index (χ2n) is 5.41. The monoisotopic (exact) mass is 281 g/mol. The number of furan rings is 1. The number of carboxylic acids is 1. The van der Waals surface area contributed by atoms with Crippen LogP contribution in [0.1, 0.15) is 49.7 Å². The van der Waals surface area contributed by atoms with Crippen LogP contribution in [0.25, 0.3) is 0 Å². The van der Waals surface area contributed by atoms with Gasteiger partial charge in [-0.05, 0) is 24.3 Å². The summed E-state index contributed by atoms with van der Waals surface area (Å²) in [5.74, 6) is -0.0249. The molecule has 1 aromatic heterocycles. The predicted octanol–water partition coefficient (Wildman–Crippen LogP) is 2.71. The molecule has 1 unspecified atom stereocenters. The van der Waals surface area contributed by atoms with Crippen LogP contribution in [0.4, 0.5) is 0 Å². The Morgan fingerprint density at radius 2 is 2.10 bits per heavy atom. The Morgan fingerprint density at radius 1 is 1.40 bits per heavy atom. The lowest BCUT2D eigenvalue weighted by Crippen LogP contribution is -2.31. The normalized spacial score (nSPS) is 12.4. The van der Waals surface area contributed by atoms with Crippen LogP contribution in [0.15, 0.2) is 16.7 Å². The Hall–Kier alpha value is -1.78. The van der Waals surface area contributed by atoms with Crippen LogP contribution in [0.2, 0.25) is 0 Å². The van der Waals surface area contributed by atoms with E-state index >= 15 is 0 Å². The van der Waals surface area contributed by atoms with Gasteiger partial charge in [0.05, 0.1) is 11.8 Å². The SMILES string of the molecule is CCc1occc1C(=O)NCC(CC(=O)O)CC(C)C. The number of hydrogen-bond donors (Lipinski definition) is 2. The highest BCUT2D eigenvalue weighted by molar-refractivity contribution is 5.95. The highest BCUT2D eigenvalue weighted by atomic mass is 16.4. The summed E-state index contributed by atoms with van der Waals surface area (Å²) < 4.78 is 5.22. The molecule has 0 aliphatic heterocycles. The summed E-state index contributed by atoms with van der Waals surface area (Å²) in [6.45, 7) is 6.38. The molecule has 1 aromatic rings. The van der Waals surface area contributed by atoms with E-state index in [1.54, 1.807) is 6.07 Å². The first-order chi connectivity index (χ1) is 9.43. The summed E-state index contributed by atoms with van der Waals surface area (Å²) in [4.78, 5) is 22.9. The molecule has 1 rings (SSSR count). The number of aryl methyl sites for hydroxylation is 1. The van der Waals surface area contributed by atoms with Gasteiger partial charge >= 0.3 is 5.97 Å². The van der Waals surface area contributed by atoms with Gasteiger partial charge in [0, 0.05) is 19.4 Å². The average molecular weight is 281 g/mol. The third-order valence-corrected chi connectivity index (χ3v) is 3.13. The molecule has 0 radical (unpaired) electrons. The summed E-state index contributed by atoms with van der Waals surface area (Å²) in [7, 11) is 0. The van der Waals surface area contributed by atoms with Crippen molar-refractivity contribution in [2.24, 2.45) is 11.8 Å². The van der Waals surface area contributed by atoms with Crippen molar-refractivity contribution in [3.05, 3.63) is 23.7 Å². The zero-order chi connectivity index (χ0) is 15.1. The minimum atomic E-state index is -0.831. The second kappa shape index (κ2) is 7.72. The quantitative estimate of drug-likeness (QED) is 0.767. The molecule has 0 bridgehead atoms. The molecular formula is C15H23NO4. The van der Waals surface area contributed by atoms with E-state index in [0.29, 0.717) is 30.2 Å². The van der Waals surface area contributed by atoms with Gasteiger partial charge in [-0.2, -0.15) is 0 Å². The van der Waals surface area contributed by atoms with Crippen molar-refractivity contribution in [2.45, 2.75) is 40.0 Å². The number of aliphatic carboxylic acids is 1. The first-order valence-corrected chi connectivity index (χ1v) is 7.00. The maximum atomic E-state index is 12.0. The summed E-state index contributed by atoms with van der Waals surface area (Å²) in [5.41, 5.74) is 0.533. The van der Waals surface area contributed by atoms with Gasteiger partial charge in [-0.15, -0.1) is 0 Å². The largest absolute Gasteiger partial charge is 0.481 e.